The first-order valence-corrected chi connectivity index (χ1v) is 6.65. The first-order valence-electron chi connectivity index (χ1n) is 4.76. The highest BCUT2D eigenvalue weighted by Crippen LogP contribution is 2.07. The zero-order chi connectivity index (χ0) is 11.3. The molecule has 0 aliphatic carbocycles. The third-order valence-electron chi connectivity index (χ3n) is 2.01. The van der Waals surface area contributed by atoms with Crippen LogP contribution in [0.1, 0.15) is 12.8 Å². The number of aromatic nitrogens is 2. The van der Waals surface area contributed by atoms with E-state index < -0.39 is 9.84 Å². The van der Waals surface area contributed by atoms with E-state index in [1.807, 2.05) is 0 Å². The highest BCUT2D eigenvalue weighted by Gasteiger charge is 2.13. The molecular weight excluding hydrogens is 216 g/mol. The largest absolute Gasteiger partial charge is 0.385 e. The number of unbranched alkanes of at least 4 members (excludes halogenated alkanes) is 1. The smallest absolute Gasteiger partial charge is 0.227 e. The Morgan fingerprint density at radius 1 is 1.47 bits per heavy atom. The highest BCUT2D eigenvalue weighted by molar-refractivity contribution is 7.90. The summed E-state index contributed by atoms with van der Waals surface area (Å²) >= 11 is 0. The number of hydrogen-bond acceptors (Lipinski definition) is 4. The molecule has 0 fully saturated rings. The lowest BCUT2D eigenvalue weighted by Crippen LogP contribution is -2.09. The lowest BCUT2D eigenvalue weighted by molar-refractivity contribution is 0.191. The molecule has 0 bridgehead atoms. The normalized spacial score (nSPS) is 11.9. The Morgan fingerprint density at radius 2 is 2.20 bits per heavy atom. The molecule has 0 saturated heterocycles. The second kappa shape index (κ2) is 5.27. The molecule has 0 saturated carbocycles. The molecule has 86 valence electrons. The highest BCUT2D eigenvalue weighted by atomic mass is 32.2. The van der Waals surface area contributed by atoms with Crippen molar-refractivity contribution in [2.75, 3.05) is 20.0 Å². The summed E-state index contributed by atoms with van der Waals surface area (Å²) in [7, 11) is -1.56. The Labute approximate surface area is 90.0 Å². The molecule has 1 aromatic rings. The maximum atomic E-state index is 11.3. The van der Waals surface area contributed by atoms with E-state index in [9.17, 15) is 8.42 Å². The van der Waals surface area contributed by atoms with E-state index in [4.69, 9.17) is 4.74 Å². The first kappa shape index (κ1) is 12.2. The van der Waals surface area contributed by atoms with Gasteiger partial charge in [0.05, 0.1) is 0 Å². The van der Waals surface area contributed by atoms with Crippen molar-refractivity contribution in [2.24, 2.45) is 0 Å². The molecule has 1 rings (SSSR count). The number of aryl methyl sites for hydroxylation is 1. The fourth-order valence-electron chi connectivity index (χ4n) is 1.32. The van der Waals surface area contributed by atoms with E-state index in [2.05, 4.69) is 4.98 Å². The molecule has 1 heterocycles. The minimum absolute atomic E-state index is 0.139. The Balaban J connectivity index is 2.59. The zero-order valence-corrected chi connectivity index (χ0v) is 9.83. The third kappa shape index (κ3) is 3.64. The maximum Gasteiger partial charge on any atom is 0.227 e. The molecule has 0 atom stereocenters. The average Bonchev–Trinajstić information content (AvgIpc) is 2.59. The standard InChI is InChI=1S/C9H16N2O3S/c1-14-8-4-3-6-11-7-5-10-9(11)15(2,12)13/h5,7H,3-4,6,8H2,1-2H3. The summed E-state index contributed by atoms with van der Waals surface area (Å²) in [5.74, 6) is 0. The third-order valence-corrected chi connectivity index (χ3v) is 3.01. The van der Waals surface area contributed by atoms with E-state index in [1.165, 1.54) is 12.5 Å². The Morgan fingerprint density at radius 3 is 2.80 bits per heavy atom. The maximum absolute atomic E-state index is 11.3. The van der Waals surface area contributed by atoms with Gasteiger partial charge in [-0.3, -0.25) is 0 Å². The summed E-state index contributed by atoms with van der Waals surface area (Å²) < 4.78 is 29.2. The van der Waals surface area contributed by atoms with Gasteiger partial charge in [0, 0.05) is 38.9 Å². The lowest BCUT2D eigenvalue weighted by Gasteiger charge is -2.05. The fraction of sp³-hybridized carbons (Fsp3) is 0.667. The molecule has 15 heavy (non-hydrogen) atoms. The molecule has 0 amide bonds. The Bertz CT molecular complexity index is 397. The van der Waals surface area contributed by atoms with Crippen molar-refractivity contribution in [1.29, 1.82) is 0 Å². The van der Waals surface area contributed by atoms with Gasteiger partial charge in [0.1, 0.15) is 0 Å². The van der Waals surface area contributed by atoms with Crippen LogP contribution in [0.5, 0.6) is 0 Å². The van der Waals surface area contributed by atoms with Crippen LogP contribution in [0.25, 0.3) is 0 Å². The number of methoxy groups -OCH3 is 1. The van der Waals surface area contributed by atoms with Gasteiger partial charge in [-0.2, -0.15) is 0 Å². The van der Waals surface area contributed by atoms with Crippen molar-refractivity contribution in [3.05, 3.63) is 12.4 Å². The second-order valence-electron chi connectivity index (χ2n) is 3.38. The van der Waals surface area contributed by atoms with Crippen LogP contribution >= 0.6 is 0 Å². The van der Waals surface area contributed by atoms with Crippen molar-refractivity contribution >= 4 is 9.84 Å². The van der Waals surface area contributed by atoms with E-state index in [0.717, 1.165) is 12.8 Å². The molecule has 0 aliphatic heterocycles. The van der Waals surface area contributed by atoms with Crippen molar-refractivity contribution in [2.45, 2.75) is 24.5 Å². The quantitative estimate of drug-likeness (QED) is 0.678. The van der Waals surface area contributed by atoms with Gasteiger partial charge < -0.3 is 9.30 Å². The van der Waals surface area contributed by atoms with E-state index in [0.29, 0.717) is 13.2 Å². The van der Waals surface area contributed by atoms with E-state index in [1.54, 1.807) is 17.9 Å². The molecule has 6 heteroatoms. The van der Waals surface area contributed by atoms with Crippen molar-refractivity contribution in [3.63, 3.8) is 0 Å². The van der Waals surface area contributed by atoms with Crippen LogP contribution in [-0.2, 0) is 21.1 Å². The van der Waals surface area contributed by atoms with Gasteiger partial charge in [0.25, 0.3) is 0 Å². The van der Waals surface area contributed by atoms with Crippen LogP contribution in [0.2, 0.25) is 0 Å². The Kier molecular flexibility index (Phi) is 4.28. The van der Waals surface area contributed by atoms with Crippen molar-refractivity contribution in [3.8, 4) is 0 Å². The van der Waals surface area contributed by atoms with E-state index in [-0.39, 0.29) is 5.16 Å². The number of rotatable bonds is 6. The lowest BCUT2D eigenvalue weighted by atomic mass is 10.3. The summed E-state index contributed by atoms with van der Waals surface area (Å²) in [5.41, 5.74) is 0. The fourth-order valence-corrected chi connectivity index (χ4v) is 2.15. The number of hydrogen-bond donors (Lipinski definition) is 0. The number of imidazole rings is 1. The molecular formula is C9H16N2O3S. The van der Waals surface area contributed by atoms with Gasteiger partial charge in [0.15, 0.2) is 0 Å². The second-order valence-corrected chi connectivity index (χ2v) is 5.28. The average molecular weight is 232 g/mol. The minimum atomic E-state index is -3.21. The zero-order valence-electron chi connectivity index (χ0n) is 9.01. The molecule has 0 aromatic carbocycles. The summed E-state index contributed by atoms with van der Waals surface area (Å²) in [4.78, 5) is 3.83. The van der Waals surface area contributed by atoms with Crippen LogP contribution in [0, 0.1) is 0 Å². The van der Waals surface area contributed by atoms with E-state index >= 15 is 0 Å². The minimum Gasteiger partial charge on any atom is -0.385 e. The van der Waals surface area contributed by atoms with Crippen LogP contribution in [-0.4, -0.2) is 37.9 Å². The monoisotopic (exact) mass is 232 g/mol. The van der Waals surface area contributed by atoms with Crippen LogP contribution in [0.4, 0.5) is 0 Å². The topological polar surface area (TPSA) is 61.2 Å². The number of ether oxygens (including phenoxy) is 1. The molecule has 0 aliphatic rings. The molecule has 0 spiro atoms. The number of nitrogens with zero attached hydrogens (tertiary/aromatic N) is 2. The molecule has 0 N–H and O–H groups in total. The van der Waals surface area contributed by atoms with Gasteiger partial charge in [-0.1, -0.05) is 0 Å². The van der Waals surface area contributed by atoms with Gasteiger partial charge in [-0.25, -0.2) is 13.4 Å². The summed E-state index contributed by atoms with van der Waals surface area (Å²) in [6.45, 7) is 1.36. The van der Waals surface area contributed by atoms with Crippen molar-refractivity contribution in [1.82, 2.24) is 9.55 Å². The Hall–Kier alpha value is -0.880. The molecule has 0 unspecified atom stereocenters. The van der Waals surface area contributed by atoms with Gasteiger partial charge in [0.2, 0.25) is 15.0 Å². The van der Waals surface area contributed by atoms with Crippen LogP contribution in [0.3, 0.4) is 0 Å². The molecule has 5 nitrogen and oxygen atoms in total. The van der Waals surface area contributed by atoms with Crippen LogP contribution in [0.15, 0.2) is 17.6 Å². The van der Waals surface area contributed by atoms with Gasteiger partial charge in [-0.15, -0.1) is 0 Å². The number of sulfone groups is 1. The SMILES string of the molecule is COCCCCn1ccnc1S(C)(=O)=O. The summed E-state index contributed by atoms with van der Waals surface area (Å²) in [5, 5.41) is 0.139. The summed E-state index contributed by atoms with van der Waals surface area (Å²) in [6, 6.07) is 0. The summed E-state index contributed by atoms with van der Waals surface area (Å²) in [6.07, 6.45) is 6.15. The molecule has 0 radical (unpaired) electrons. The predicted molar refractivity (Wildman–Crippen MR) is 56.4 cm³/mol. The molecule has 1 aromatic heterocycles. The van der Waals surface area contributed by atoms with Crippen molar-refractivity contribution < 1.29 is 13.2 Å². The predicted octanol–water partition coefficient (Wildman–Crippen LogP) is 0.713. The first-order chi connectivity index (χ1) is 7.05. The van der Waals surface area contributed by atoms with Gasteiger partial charge in [-0.05, 0) is 12.8 Å². The van der Waals surface area contributed by atoms with Crippen LogP contribution < -0.4 is 0 Å². The van der Waals surface area contributed by atoms with Gasteiger partial charge >= 0.3 is 0 Å².